The fourth-order valence-electron chi connectivity index (χ4n) is 1.29. The lowest BCUT2D eigenvalue weighted by Crippen LogP contribution is -2.27. The average molecular weight is 444 g/mol. The number of hydrogen-bond donors (Lipinski definition) is 1. The van der Waals surface area contributed by atoms with Gasteiger partial charge in [-0.15, -0.1) is 0 Å². The number of hydrogen-bond acceptors (Lipinski definition) is 2. The molecule has 1 atom stereocenters. The summed E-state index contributed by atoms with van der Waals surface area (Å²) in [5.41, 5.74) is 0.685. The van der Waals surface area contributed by atoms with Crippen LogP contribution in [0.2, 0.25) is 0 Å². The number of amides is 1. The molecule has 100 valence electrons. The average Bonchev–Trinajstić information content (AvgIpc) is 2.31. The topological polar surface area (TPSA) is 38.3 Å². The van der Waals surface area contributed by atoms with Gasteiger partial charge in [0.15, 0.2) is 0 Å². The van der Waals surface area contributed by atoms with E-state index in [1.807, 2.05) is 19.9 Å². The zero-order chi connectivity index (χ0) is 13.9. The van der Waals surface area contributed by atoms with Crippen LogP contribution in [0.15, 0.2) is 21.1 Å². The number of carbonyl (C=O) groups excluding carboxylic acids is 1. The molecule has 0 bridgehead atoms. The van der Waals surface area contributed by atoms with Gasteiger partial charge in [0.05, 0.1) is 22.1 Å². The maximum absolute atomic E-state index is 12.0. The quantitative estimate of drug-likeness (QED) is 0.692. The normalized spacial score (nSPS) is 12.4. The highest BCUT2D eigenvalue weighted by Crippen LogP contribution is 2.34. The fraction of sp³-hybridized carbons (Fsp3) is 0.417. The number of alkyl halides is 1. The third-order valence-electron chi connectivity index (χ3n) is 2.34. The molecule has 1 rings (SSSR count). The number of halogens is 3. The minimum absolute atomic E-state index is 0.0740. The van der Waals surface area contributed by atoms with E-state index in [2.05, 4.69) is 53.1 Å². The van der Waals surface area contributed by atoms with Crippen LogP contribution in [0.25, 0.3) is 0 Å². The molecule has 1 amide bonds. The van der Waals surface area contributed by atoms with Crippen molar-refractivity contribution in [2.24, 2.45) is 5.92 Å². The number of anilines is 1. The van der Waals surface area contributed by atoms with Crippen LogP contribution in [0.1, 0.15) is 13.8 Å². The van der Waals surface area contributed by atoms with Crippen LogP contribution >= 0.6 is 47.8 Å². The molecule has 0 heterocycles. The van der Waals surface area contributed by atoms with E-state index in [-0.39, 0.29) is 16.7 Å². The van der Waals surface area contributed by atoms with Crippen LogP contribution in [-0.4, -0.2) is 17.8 Å². The number of nitrogens with one attached hydrogen (secondary N) is 1. The first kappa shape index (κ1) is 16.0. The lowest BCUT2D eigenvalue weighted by molar-refractivity contribution is -0.116. The van der Waals surface area contributed by atoms with Crippen LogP contribution < -0.4 is 10.1 Å². The summed E-state index contributed by atoms with van der Waals surface area (Å²) in [6.07, 6.45) is 0. The molecular formula is C12H14Br3NO2. The molecule has 1 aromatic rings. The summed E-state index contributed by atoms with van der Waals surface area (Å²) in [4.78, 5) is 11.7. The molecule has 0 aliphatic rings. The zero-order valence-electron chi connectivity index (χ0n) is 10.3. The van der Waals surface area contributed by atoms with Gasteiger partial charge in [0.2, 0.25) is 5.91 Å². The minimum Gasteiger partial charge on any atom is -0.495 e. The summed E-state index contributed by atoms with van der Waals surface area (Å²) in [7, 11) is 1.58. The van der Waals surface area contributed by atoms with Crippen molar-refractivity contribution >= 4 is 59.4 Å². The van der Waals surface area contributed by atoms with Gasteiger partial charge in [-0.1, -0.05) is 29.8 Å². The van der Waals surface area contributed by atoms with E-state index in [1.165, 1.54) is 0 Å². The first-order chi connectivity index (χ1) is 8.36. The Hall–Kier alpha value is -0.0700. The summed E-state index contributed by atoms with van der Waals surface area (Å²) in [5, 5.41) is 2.86. The third-order valence-corrected chi connectivity index (χ3v) is 5.08. The van der Waals surface area contributed by atoms with Crippen molar-refractivity contribution in [1.29, 1.82) is 0 Å². The lowest BCUT2D eigenvalue weighted by Gasteiger charge is -2.15. The van der Waals surface area contributed by atoms with Gasteiger partial charge in [-0.2, -0.15) is 0 Å². The Bertz CT molecular complexity index is 449. The Morgan fingerprint density at radius 3 is 2.39 bits per heavy atom. The Balaban J connectivity index is 2.94. The molecule has 1 aromatic carbocycles. The second kappa shape index (κ2) is 6.91. The van der Waals surface area contributed by atoms with Gasteiger partial charge in [-0.25, -0.2) is 0 Å². The molecule has 0 saturated heterocycles. The highest BCUT2D eigenvalue weighted by molar-refractivity contribution is 9.11. The Labute approximate surface area is 132 Å². The summed E-state index contributed by atoms with van der Waals surface area (Å²) in [6.45, 7) is 3.96. The van der Waals surface area contributed by atoms with Crippen molar-refractivity contribution in [3.05, 3.63) is 21.1 Å². The van der Waals surface area contributed by atoms with E-state index in [0.717, 1.165) is 8.95 Å². The van der Waals surface area contributed by atoms with Crippen LogP contribution in [0.4, 0.5) is 5.69 Å². The van der Waals surface area contributed by atoms with Gasteiger partial charge < -0.3 is 10.1 Å². The Morgan fingerprint density at radius 2 is 1.89 bits per heavy atom. The second-order valence-corrected chi connectivity index (χ2v) is 6.80. The van der Waals surface area contributed by atoms with Crippen LogP contribution in [0, 0.1) is 5.92 Å². The molecule has 0 aliphatic heterocycles. The Kier molecular flexibility index (Phi) is 6.14. The number of benzene rings is 1. The minimum atomic E-state index is -0.223. The predicted octanol–water partition coefficient (Wildman–Crippen LogP) is 4.58. The van der Waals surface area contributed by atoms with Crippen molar-refractivity contribution in [3.8, 4) is 5.75 Å². The SMILES string of the molecule is COc1cc(NC(=O)C(Br)C(C)C)c(Br)cc1Br. The van der Waals surface area contributed by atoms with Crippen molar-refractivity contribution in [2.75, 3.05) is 12.4 Å². The molecule has 0 spiro atoms. The Morgan fingerprint density at radius 1 is 1.28 bits per heavy atom. The van der Waals surface area contributed by atoms with Gasteiger partial charge in [0.1, 0.15) is 5.75 Å². The third kappa shape index (κ3) is 3.96. The summed E-state index contributed by atoms with van der Waals surface area (Å²) >= 11 is 10.2. The predicted molar refractivity (Wildman–Crippen MR) is 84.6 cm³/mol. The van der Waals surface area contributed by atoms with Gasteiger partial charge in [-0.3, -0.25) is 4.79 Å². The van der Waals surface area contributed by atoms with Crippen LogP contribution in [-0.2, 0) is 4.79 Å². The standard InChI is InChI=1S/C12H14Br3NO2/c1-6(2)11(15)12(17)16-9-5-10(18-3)8(14)4-7(9)13/h4-6,11H,1-3H3,(H,16,17). The molecule has 6 heteroatoms. The van der Waals surface area contributed by atoms with Crippen molar-refractivity contribution in [2.45, 2.75) is 18.7 Å². The van der Waals surface area contributed by atoms with E-state index in [0.29, 0.717) is 11.4 Å². The molecule has 3 nitrogen and oxygen atoms in total. The number of methoxy groups -OCH3 is 1. The lowest BCUT2D eigenvalue weighted by atomic mass is 10.1. The largest absolute Gasteiger partial charge is 0.495 e. The number of carbonyl (C=O) groups is 1. The number of ether oxygens (including phenoxy) is 1. The summed E-state index contributed by atoms with van der Waals surface area (Å²) < 4.78 is 6.83. The van der Waals surface area contributed by atoms with Gasteiger partial charge in [0, 0.05) is 10.5 Å². The molecule has 0 fully saturated rings. The van der Waals surface area contributed by atoms with Gasteiger partial charge in [0.25, 0.3) is 0 Å². The molecule has 0 radical (unpaired) electrons. The first-order valence-corrected chi connectivity index (χ1v) is 7.85. The molecule has 0 saturated carbocycles. The maximum atomic E-state index is 12.0. The smallest absolute Gasteiger partial charge is 0.238 e. The zero-order valence-corrected chi connectivity index (χ0v) is 15.0. The molecule has 0 aliphatic carbocycles. The molecular weight excluding hydrogens is 430 g/mol. The van der Waals surface area contributed by atoms with E-state index in [1.54, 1.807) is 13.2 Å². The van der Waals surface area contributed by atoms with Crippen LogP contribution in [0.5, 0.6) is 5.75 Å². The van der Waals surface area contributed by atoms with E-state index >= 15 is 0 Å². The molecule has 1 N–H and O–H groups in total. The summed E-state index contributed by atoms with van der Waals surface area (Å²) in [6, 6.07) is 3.61. The van der Waals surface area contributed by atoms with E-state index < -0.39 is 0 Å². The van der Waals surface area contributed by atoms with E-state index in [4.69, 9.17) is 4.74 Å². The van der Waals surface area contributed by atoms with Crippen LogP contribution in [0.3, 0.4) is 0 Å². The number of rotatable bonds is 4. The monoisotopic (exact) mass is 441 g/mol. The summed E-state index contributed by atoms with van der Waals surface area (Å²) in [5.74, 6) is 0.820. The van der Waals surface area contributed by atoms with Gasteiger partial charge in [-0.05, 0) is 43.8 Å². The van der Waals surface area contributed by atoms with Crippen molar-refractivity contribution < 1.29 is 9.53 Å². The molecule has 1 unspecified atom stereocenters. The fourth-order valence-corrected chi connectivity index (χ4v) is 2.66. The molecule has 18 heavy (non-hydrogen) atoms. The molecule has 0 aromatic heterocycles. The van der Waals surface area contributed by atoms with Crippen molar-refractivity contribution in [1.82, 2.24) is 0 Å². The van der Waals surface area contributed by atoms with E-state index in [9.17, 15) is 4.79 Å². The maximum Gasteiger partial charge on any atom is 0.238 e. The van der Waals surface area contributed by atoms with Crippen molar-refractivity contribution in [3.63, 3.8) is 0 Å². The first-order valence-electron chi connectivity index (χ1n) is 5.34. The highest BCUT2D eigenvalue weighted by atomic mass is 79.9. The highest BCUT2D eigenvalue weighted by Gasteiger charge is 2.20. The van der Waals surface area contributed by atoms with Gasteiger partial charge >= 0.3 is 0 Å². The second-order valence-electron chi connectivity index (χ2n) is 4.10.